The predicted octanol–water partition coefficient (Wildman–Crippen LogP) is 4.57. The predicted molar refractivity (Wildman–Crippen MR) is 82.7 cm³/mol. The Balaban J connectivity index is 1.80. The van der Waals surface area contributed by atoms with Gasteiger partial charge < -0.3 is 0 Å². The summed E-state index contributed by atoms with van der Waals surface area (Å²) in [5, 5.41) is 0. The van der Waals surface area contributed by atoms with Crippen LogP contribution < -0.4 is 0 Å². The lowest BCUT2D eigenvalue weighted by Crippen LogP contribution is -2.25. The zero-order valence-electron chi connectivity index (χ0n) is 13.0. The maximum atomic E-state index is 12.9. The van der Waals surface area contributed by atoms with Crippen molar-refractivity contribution in [3.05, 3.63) is 65.0 Å². The van der Waals surface area contributed by atoms with E-state index in [0.29, 0.717) is 12.6 Å². The summed E-state index contributed by atoms with van der Waals surface area (Å²) < 4.78 is 38.8. The molecule has 5 heteroatoms. The third-order valence-corrected chi connectivity index (χ3v) is 4.25. The molecule has 0 amide bonds. The molecule has 2 aromatic rings. The molecule has 0 N–H and O–H groups in total. The third-order valence-electron chi connectivity index (χ3n) is 4.25. The van der Waals surface area contributed by atoms with Gasteiger partial charge >= 0.3 is 6.18 Å². The molecule has 3 rings (SSSR count). The van der Waals surface area contributed by atoms with Crippen molar-refractivity contribution < 1.29 is 13.2 Å². The zero-order valence-corrected chi connectivity index (χ0v) is 13.0. The number of pyridine rings is 1. The fraction of sp³-hybridized carbons (Fsp3) is 0.389. The SMILES string of the molecule is Cc1ccc(C(F)(F)F)cc1CN(Cc1ccncc1)C1CC1. The fourth-order valence-electron chi connectivity index (χ4n) is 2.71. The number of hydrogen-bond donors (Lipinski definition) is 0. The van der Waals surface area contributed by atoms with Gasteiger partial charge in [0.25, 0.3) is 0 Å². The second kappa shape index (κ2) is 6.32. The van der Waals surface area contributed by atoms with Gasteiger partial charge in [-0.25, -0.2) is 0 Å². The number of halogens is 3. The molecule has 1 heterocycles. The Morgan fingerprint density at radius 3 is 2.39 bits per heavy atom. The lowest BCUT2D eigenvalue weighted by Gasteiger charge is -2.23. The first-order chi connectivity index (χ1) is 10.9. The Bertz CT molecular complexity index is 664. The maximum Gasteiger partial charge on any atom is 0.416 e. The number of alkyl halides is 3. The van der Waals surface area contributed by atoms with Gasteiger partial charge in [-0.3, -0.25) is 9.88 Å². The number of benzene rings is 1. The lowest BCUT2D eigenvalue weighted by atomic mass is 10.0. The summed E-state index contributed by atoms with van der Waals surface area (Å²) in [5.74, 6) is 0. The minimum atomic E-state index is -4.29. The summed E-state index contributed by atoms with van der Waals surface area (Å²) >= 11 is 0. The molecule has 0 radical (unpaired) electrons. The molecule has 0 atom stereocenters. The van der Waals surface area contributed by atoms with E-state index in [4.69, 9.17) is 0 Å². The number of hydrogen-bond acceptors (Lipinski definition) is 2. The van der Waals surface area contributed by atoms with Gasteiger partial charge in [0.15, 0.2) is 0 Å². The standard InChI is InChI=1S/C18H19F3N2/c1-13-2-3-16(18(19,20)21)10-15(13)12-23(17-4-5-17)11-14-6-8-22-9-7-14/h2-3,6-10,17H,4-5,11-12H2,1H3. The highest BCUT2D eigenvalue weighted by Crippen LogP contribution is 2.33. The van der Waals surface area contributed by atoms with Crippen molar-refractivity contribution in [2.24, 2.45) is 0 Å². The van der Waals surface area contributed by atoms with E-state index in [1.165, 1.54) is 6.07 Å². The summed E-state index contributed by atoms with van der Waals surface area (Å²) in [4.78, 5) is 6.27. The van der Waals surface area contributed by atoms with Gasteiger partial charge in [-0.1, -0.05) is 6.07 Å². The van der Waals surface area contributed by atoms with E-state index < -0.39 is 11.7 Å². The van der Waals surface area contributed by atoms with Crippen LogP contribution in [0, 0.1) is 6.92 Å². The van der Waals surface area contributed by atoms with Crippen molar-refractivity contribution in [2.75, 3.05) is 0 Å². The van der Waals surface area contributed by atoms with Crippen LogP contribution in [0.4, 0.5) is 13.2 Å². The van der Waals surface area contributed by atoms with Crippen LogP contribution in [0.1, 0.15) is 35.1 Å². The monoisotopic (exact) mass is 320 g/mol. The second-order valence-corrected chi connectivity index (χ2v) is 6.13. The van der Waals surface area contributed by atoms with Gasteiger partial charge in [0, 0.05) is 31.5 Å². The molecular weight excluding hydrogens is 301 g/mol. The zero-order chi connectivity index (χ0) is 16.4. The molecule has 1 aromatic heterocycles. The van der Waals surface area contributed by atoms with E-state index in [1.54, 1.807) is 18.5 Å². The topological polar surface area (TPSA) is 16.1 Å². The second-order valence-electron chi connectivity index (χ2n) is 6.13. The van der Waals surface area contributed by atoms with Crippen LogP contribution in [0.5, 0.6) is 0 Å². The molecule has 1 saturated carbocycles. The van der Waals surface area contributed by atoms with E-state index in [-0.39, 0.29) is 0 Å². The highest BCUT2D eigenvalue weighted by molar-refractivity contribution is 5.33. The first-order valence-electron chi connectivity index (χ1n) is 7.73. The molecule has 1 aliphatic carbocycles. The van der Waals surface area contributed by atoms with Crippen LogP contribution in [-0.2, 0) is 19.3 Å². The molecular formula is C18H19F3N2. The molecule has 1 aromatic carbocycles. The van der Waals surface area contributed by atoms with E-state index in [2.05, 4.69) is 9.88 Å². The lowest BCUT2D eigenvalue weighted by molar-refractivity contribution is -0.137. The number of nitrogens with zero attached hydrogens (tertiary/aromatic N) is 2. The van der Waals surface area contributed by atoms with E-state index in [0.717, 1.165) is 42.1 Å². The minimum Gasteiger partial charge on any atom is -0.292 e. The largest absolute Gasteiger partial charge is 0.416 e. The minimum absolute atomic E-state index is 0.470. The van der Waals surface area contributed by atoms with Crippen LogP contribution in [0.3, 0.4) is 0 Å². The van der Waals surface area contributed by atoms with Crippen molar-refractivity contribution in [3.8, 4) is 0 Å². The molecule has 1 aliphatic rings. The molecule has 0 saturated heterocycles. The summed E-state index contributed by atoms with van der Waals surface area (Å²) in [5.41, 5.74) is 2.22. The molecule has 0 unspecified atom stereocenters. The smallest absolute Gasteiger partial charge is 0.292 e. The molecule has 23 heavy (non-hydrogen) atoms. The first-order valence-corrected chi connectivity index (χ1v) is 7.73. The van der Waals surface area contributed by atoms with Gasteiger partial charge in [0.2, 0.25) is 0 Å². The van der Waals surface area contributed by atoms with Crippen LogP contribution >= 0.6 is 0 Å². The fourth-order valence-corrected chi connectivity index (χ4v) is 2.71. The Morgan fingerprint density at radius 2 is 1.78 bits per heavy atom. The number of aryl methyl sites for hydroxylation is 1. The number of rotatable bonds is 5. The van der Waals surface area contributed by atoms with Crippen molar-refractivity contribution in [3.63, 3.8) is 0 Å². The summed E-state index contributed by atoms with van der Waals surface area (Å²) in [6.07, 6.45) is 1.43. The summed E-state index contributed by atoms with van der Waals surface area (Å²) in [7, 11) is 0. The van der Waals surface area contributed by atoms with Crippen LogP contribution in [-0.4, -0.2) is 15.9 Å². The van der Waals surface area contributed by atoms with Crippen LogP contribution in [0.2, 0.25) is 0 Å². The van der Waals surface area contributed by atoms with Crippen molar-refractivity contribution >= 4 is 0 Å². The van der Waals surface area contributed by atoms with Gasteiger partial charge in [-0.2, -0.15) is 13.2 Å². The first kappa shape index (κ1) is 16.0. The van der Waals surface area contributed by atoms with Gasteiger partial charge in [-0.05, 0) is 60.7 Å². The Morgan fingerprint density at radius 1 is 1.09 bits per heavy atom. The highest BCUT2D eigenvalue weighted by atomic mass is 19.4. The van der Waals surface area contributed by atoms with Crippen molar-refractivity contribution in [1.82, 2.24) is 9.88 Å². The highest BCUT2D eigenvalue weighted by Gasteiger charge is 2.32. The normalized spacial score (nSPS) is 15.2. The van der Waals surface area contributed by atoms with Gasteiger partial charge in [-0.15, -0.1) is 0 Å². The van der Waals surface area contributed by atoms with Crippen molar-refractivity contribution in [1.29, 1.82) is 0 Å². The average molecular weight is 320 g/mol. The summed E-state index contributed by atoms with van der Waals surface area (Å²) in [6, 6.07) is 8.39. The van der Waals surface area contributed by atoms with Crippen molar-refractivity contribution in [2.45, 2.75) is 45.1 Å². The summed E-state index contributed by atoms with van der Waals surface area (Å²) in [6.45, 7) is 3.15. The molecule has 0 bridgehead atoms. The molecule has 2 nitrogen and oxygen atoms in total. The third kappa shape index (κ3) is 4.10. The van der Waals surface area contributed by atoms with Crippen LogP contribution in [0.15, 0.2) is 42.7 Å². The van der Waals surface area contributed by atoms with Gasteiger partial charge in [0.05, 0.1) is 5.56 Å². The molecule has 122 valence electrons. The van der Waals surface area contributed by atoms with Gasteiger partial charge in [0.1, 0.15) is 0 Å². The molecule has 1 fully saturated rings. The Kier molecular flexibility index (Phi) is 4.39. The van der Waals surface area contributed by atoms with E-state index in [9.17, 15) is 13.2 Å². The molecule has 0 aliphatic heterocycles. The quantitative estimate of drug-likeness (QED) is 0.802. The molecule has 0 spiro atoms. The Labute approximate surface area is 134 Å². The van der Waals surface area contributed by atoms with E-state index in [1.807, 2.05) is 19.1 Å². The Hall–Kier alpha value is -1.88. The average Bonchev–Trinajstić information content (AvgIpc) is 3.33. The van der Waals surface area contributed by atoms with E-state index >= 15 is 0 Å². The maximum absolute atomic E-state index is 12.9. The van der Waals surface area contributed by atoms with Crippen LogP contribution in [0.25, 0.3) is 0 Å². The number of aromatic nitrogens is 1.